The number of Topliss-reactive ketones (excluding diaryl/α,β-unsaturated/α-hetero) is 1. The number of carbonyl (C=O) groups is 1. The van der Waals surface area contributed by atoms with Crippen LogP contribution in [0, 0.1) is 11.8 Å². The molecule has 1 heteroatoms. The van der Waals surface area contributed by atoms with Crippen molar-refractivity contribution in [2.45, 2.75) is 57.8 Å². The number of hydrogen-bond donors (Lipinski definition) is 0. The largest absolute Gasteiger partial charge is 0.299 e. The van der Waals surface area contributed by atoms with Crippen molar-refractivity contribution in [3.8, 4) is 0 Å². The van der Waals surface area contributed by atoms with E-state index in [0.717, 1.165) is 18.8 Å². The van der Waals surface area contributed by atoms with Gasteiger partial charge in [-0.1, -0.05) is 25.7 Å². The molecule has 2 fully saturated rings. The zero-order valence-electron chi connectivity index (χ0n) is 8.43. The molecule has 0 aromatic heterocycles. The van der Waals surface area contributed by atoms with Gasteiger partial charge in [0.15, 0.2) is 0 Å². The molecule has 74 valence electrons. The Kier molecular flexibility index (Phi) is 3.02. The van der Waals surface area contributed by atoms with Gasteiger partial charge >= 0.3 is 0 Å². The molecule has 0 N–H and O–H groups in total. The van der Waals surface area contributed by atoms with Crippen LogP contribution in [0.15, 0.2) is 0 Å². The summed E-state index contributed by atoms with van der Waals surface area (Å²) in [6.07, 6.45) is 11.5. The molecule has 0 heterocycles. The summed E-state index contributed by atoms with van der Waals surface area (Å²) in [5.74, 6) is 1.98. The Hall–Kier alpha value is -0.330. The van der Waals surface area contributed by atoms with E-state index in [-0.39, 0.29) is 0 Å². The lowest BCUT2D eigenvalue weighted by molar-refractivity contribution is -0.120. The predicted octanol–water partition coefficient (Wildman–Crippen LogP) is 3.33. The van der Waals surface area contributed by atoms with E-state index >= 15 is 0 Å². The number of ketones is 1. The summed E-state index contributed by atoms with van der Waals surface area (Å²) in [5.41, 5.74) is 0. The monoisotopic (exact) mass is 180 g/mol. The fourth-order valence-electron chi connectivity index (χ4n) is 2.93. The SMILES string of the molecule is O=C1CCCC1CCC1CCCC1. The first-order chi connectivity index (χ1) is 6.36. The highest BCUT2D eigenvalue weighted by atomic mass is 16.1. The van der Waals surface area contributed by atoms with Gasteiger partial charge in [-0.05, 0) is 31.6 Å². The minimum Gasteiger partial charge on any atom is -0.299 e. The average Bonchev–Trinajstić information content (AvgIpc) is 2.72. The van der Waals surface area contributed by atoms with Crippen LogP contribution in [-0.4, -0.2) is 5.78 Å². The fraction of sp³-hybridized carbons (Fsp3) is 0.917. The van der Waals surface area contributed by atoms with Crippen molar-refractivity contribution in [2.24, 2.45) is 11.8 Å². The highest BCUT2D eigenvalue weighted by molar-refractivity contribution is 5.82. The molecule has 2 aliphatic rings. The summed E-state index contributed by atoms with van der Waals surface area (Å²) < 4.78 is 0. The smallest absolute Gasteiger partial charge is 0.135 e. The molecule has 0 radical (unpaired) electrons. The van der Waals surface area contributed by atoms with Gasteiger partial charge in [-0.3, -0.25) is 4.79 Å². The molecule has 0 amide bonds. The van der Waals surface area contributed by atoms with Gasteiger partial charge in [-0.2, -0.15) is 0 Å². The molecule has 1 nitrogen and oxygen atoms in total. The highest BCUT2D eigenvalue weighted by Crippen LogP contribution is 2.33. The lowest BCUT2D eigenvalue weighted by atomic mass is 9.93. The van der Waals surface area contributed by atoms with E-state index in [9.17, 15) is 4.79 Å². The van der Waals surface area contributed by atoms with Gasteiger partial charge in [-0.15, -0.1) is 0 Å². The van der Waals surface area contributed by atoms with Crippen molar-refractivity contribution in [2.75, 3.05) is 0 Å². The van der Waals surface area contributed by atoms with Gasteiger partial charge in [0.2, 0.25) is 0 Å². The van der Waals surface area contributed by atoms with E-state index < -0.39 is 0 Å². The molecule has 0 aromatic carbocycles. The highest BCUT2D eigenvalue weighted by Gasteiger charge is 2.25. The van der Waals surface area contributed by atoms with Crippen molar-refractivity contribution in [3.05, 3.63) is 0 Å². The van der Waals surface area contributed by atoms with Crippen molar-refractivity contribution in [1.82, 2.24) is 0 Å². The molecule has 1 atom stereocenters. The Morgan fingerprint density at radius 3 is 2.38 bits per heavy atom. The summed E-state index contributed by atoms with van der Waals surface area (Å²) in [7, 11) is 0. The zero-order chi connectivity index (χ0) is 9.10. The molecule has 0 aliphatic heterocycles. The third kappa shape index (κ3) is 2.32. The second-order valence-electron chi connectivity index (χ2n) is 4.78. The molecule has 2 aliphatic carbocycles. The molecule has 2 saturated carbocycles. The maximum atomic E-state index is 11.4. The van der Waals surface area contributed by atoms with Gasteiger partial charge in [0.25, 0.3) is 0 Å². The summed E-state index contributed by atoms with van der Waals surface area (Å²) in [5, 5.41) is 0. The van der Waals surface area contributed by atoms with Crippen LogP contribution in [0.2, 0.25) is 0 Å². The van der Waals surface area contributed by atoms with E-state index in [4.69, 9.17) is 0 Å². The van der Waals surface area contributed by atoms with Gasteiger partial charge in [0, 0.05) is 12.3 Å². The molecular formula is C12H20O. The third-order valence-electron chi connectivity index (χ3n) is 3.83. The topological polar surface area (TPSA) is 17.1 Å². The first kappa shape index (κ1) is 9.23. The summed E-state index contributed by atoms with van der Waals surface area (Å²) in [6.45, 7) is 0. The number of rotatable bonds is 3. The first-order valence-electron chi connectivity index (χ1n) is 5.89. The fourth-order valence-corrected chi connectivity index (χ4v) is 2.93. The van der Waals surface area contributed by atoms with E-state index in [1.807, 2.05) is 0 Å². The summed E-state index contributed by atoms with van der Waals surface area (Å²) in [4.78, 5) is 11.4. The standard InChI is InChI=1S/C12H20O/c13-12-7-3-6-11(12)9-8-10-4-1-2-5-10/h10-11H,1-9H2. The first-order valence-corrected chi connectivity index (χ1v) is 5.89. The quantitative estimate of drug-likeness (QED) is 0.651. The average molecular weight is 180 g/mol. The zero-order valence-corrected chi connectivity index (χ0v) is 8.43. The second-order valence-corrected chi connectivity index (χ2v) is 4.78. The summed E-state index contributed by atoms with van der Waals surface area (Å²) >= 11 is 0. The maximum absolute atomic E-state index is 11.4. The Balaban J connectivity index is 1.69. The van der Waals surface area contributed by atoms with Crippen molar-refractivity contribution in [1.29, 1.82) is 0 Å². The van der Waals surface area contributed by atoms with Crippen LogP contribution >= 0.6 is 0 Å². The maximum Gasteiger partial charge on any atom is 0.135 e. The normalized spacial score (nSPS) is 30.2. The predicted molar refractivity (Wildman–Crippen MR) is 53.5 cm³/mol. The molecule has 0 aromatic rings. The Bertz CT molecular complexity index is 180. The van der Waals surface area contributed by atoms with Crippen LogP contribution in [0.3, 0.4) is 0 Å². The minimum absolute atomic E-state index is 0.459. The van der Waals surface area contributed by atoms with Gasteiger partial charge < -0.3 is 0 Å². The van der Waals surface area contributed by atoms with Crippen LogP contribution in [0.4, 0.5) is 0 Å². The van der Waals surface area contributed by atoms with E-state index in [1.54, 1.807) is 0 Å². The van der Waals surface area contributed by atoms with E-state index in [1.165, 1.54) is 44.9 Å². The van der Waals surface area contributed by atoms with Crippen LogP contribution in [-0.2, 0) is 4.79 Å². The lowest BCUT2D eigenvalue weighted by Gasteiger charge is -2.11. The molecule has 0 bridgehead atoms. The van der Waals surface area contributed by atoms with E-state index in [2.05, 4.69) is 0 Å². The Labute approximate surface area is 80.9 Å². The van der Waals surface area contributed by atoms with Crippen molar-refractivity contribution in [3.63, 3.8) is 0 Å². The Morgan fingerprint density at radius 1 is 1.00 bits per heavy atom. The molecule has 2 rings (SSSR count). The van der Waals surface area contributed by atoms with Crippen LogP contribution in [0.25, 0.3) is 0 Å². The molecule has 1 unspecified atom stereocenters. The van der Waals surface area contributed by atoms with Gasteiger partial charge in [-0.25, -0.2) is 0 Å². The lowest BCUT2D eigenvalue weighted by Crippen LogP contribution is -2.07. The van der Waals surface area contributed by atoms with Crippen LogP contribution < -0.4 is 0 Å². The van der Waals surface area contributed by atoms with Crippen LogP contribution in [0.1, 0.15) is 57.8 Å². The summed E-state index contributed by atoms with van der Waals surface area (Å²) in [6, 6.07) is 0. The van der Waals surface area contributed by atoms with E-state index in [0.29, 0.717) is 11.7 Å². The second kappa shape index (κ2) is 4.26. The molecule has 13 heavy (non-hydrogen) atoms. The third-order valence-corrected chi connectivity index (χ3v) is 3.83. The minimum atomic E-state index is 0.459. The van der Waals surface area contributed by atoms with Crippen molar-refractivity contribution >= 4 is 5.78 Å². The molecule has 0 spiro atoms. The van der Waals surface area contributed by atoms with Gasteiger partial charge in [0.1, 0.15) is 5.78 Å². The Morgan fingerprint density at radius 2 is 1.77 bits per heavy atom. The molecular weight excluding hydrogens is 160 g/mol. The number of hydrogen-bond acceptors (Lipinski definition) is 1. The van der Waals surface area contributed by atoms with Gasteiger partial charge in [0.05, 0.1) is 0 Å². The molecule has 0 saturated heterocycles. The van der Waals surface area contributed by atoms with Crippen LogP contribution in [0.5, 0.6) is 0 Å². The van der Waals surface area contributed by atoms with Crippen molar-refractivity contribution < 1.29 is 4.79 Å². The number of carbonyl (C=O) groups excluding carboxylic acids is 1.